The molecular weight excluding hydrogens is 278 g/mol. The summed E-state index contributed by atoms with van der Waals surface area (Å²) in [4.78, 5) is 10.7. The predicted octanol–water partition coefficient (Wildman–Crippen LogP) is 3.27. The van der Waals surface area contributed by atoms with Gasteiger partial charge in [-0.1, -0.05) is 6.07 Å². The molecule has 0 aliphatic carbocycles. The van der Waals surface area contributed by atoms with Gasteiger partial charge in [0.25, 0.3) is 0 Å². The molecule has 2 rings (SSSR count). The molecule has 2 aromatic heterocycles. The number of halogens is 1. The summed E-state index contributed by atoms with van der Waals surface area (Å²) in [5.74, 6) is 0.985. The van der Waals surface area contributed by atoms with Crippen LogP contribution in [0.25, 0.3) is 0 Å². The molecule has 0 aliphatic rings. The van der Waals surface area contributed by atoms with Crippen molar-refractivity contribution >= 4 is 21.7 Å². The molecule has 0 amide bonds. The van der Waals surface area contributed by atoms with Gasteiger partial charge in [0.05, 0.1) is 0 Å². The molecule has 0 fully saturated rings. The fraction of sp³-hybridized carbons (Fsp3) is 0.231. The molecule has 17 heavy (non-hydrogen) atoms. The van der Waals surface area contributed by atoms with E-state index in [0.717, 1.165) is 23.5 Å². The molecule has 0 saturated carbocycles. The highest BCUT2D eigenvalue weighted by Gasteiger charge is 2.06. The van der Waals surface area contributed by atoms with Crippen LogP contribution in [0.3, 0.4) is 0 Å². The van der Waals surface area contributed by atoms with Gasteiger partial charge in [-0.15, -0.1) is 0 Å². The van der Waals surface area contributed by atoms with Crippen molar-refractivity contribution in [3.05, 3.63) is 52.9 Å². The average Bonchev–Trinajstić information content (AvgIpc) is 2.37. The van der Waals surface area contributed by atoms with Crippen molar-refractivity contribution in [1.29, 1.82) is 0 Å². The van der Waals surface area contributed by atoms with Crippen LogP contribution in [0, 0.1) is 0 Å². The third kappa shape index (κ3) is 3.27. The number of hydrogen-bond acceptors (Lipinski definition) is 3. The van der Waals surface area contributed by atoms with E-state index in [1.54, 1.807) is 0 Å². The molecule has 0 atom stereocenters. The third-order valence-electron chi connectivity index (χ3n) is 2.53. The SMILES string of the molecule is CCN(Cc1ccncc1)c1cccc(Br)n1. The second kappa shape index (κ2) is 5.77. The smallest absolute Gasteiger partial charge is 0.130 e. The van der Waals surface area contributed by atoms with Crippen LogP contribution < -0.4 is 4.90 Å². The molecule has 88 valence electrons. The quantitative estimate of drug-likeness (QED) is 0.810. The molecular formula is C13H14BrN3. The Kier molecular flexibility index (Phi) is 4.09. The molecule has 3 nitrogen and oxygen atoms in total. The molecule has 0 radical (unpaired) electrons. The summed E-state index contributed by atoms with van der Waals surface area (Å²) in [6, 6.07) is 10.0. The van der Waals surface area contributed by atoms with E-state index >= 15 is 0 Å². The van der Waals surface area contributed by atoms with Crippen molar-refractivity contribution < 1.29 is 0 Å². The van der Waals surface area contributed by atoms with Crippen molar-refractivity contribution in [2.24, 2.45) is 0 Å². The Morgan fingerprint density at radius 1 is 1.18 bits per heavy atom. The highest BCUT2D eigenvalue weighted by molar-refractivity contribution is 9.10. The number of anilines is 1. The van der Waals surface area contributed by atoms with Crippen molar-refractivity contribution in [2.45, 2.75) is 13.5 Å². The highest BCUT2D eigenvalue weighted by atomic mass is 79.9. The van der Waals surface area contributed by atoms with Gasteiger partial charge in [0, 0.05) is 25.5 Å². The van der Waals surface area contributed by atoms with E-state index in [9.17, 15) is 0 Å². The Morgan fingerprint density at radius 2 is 1.94 bits per heavy atom. The zero-order valence-corrected chi connectivity index (χ0v) is 11.3. The second-order valence-electron chi connectivity index (χ2n) is 3.69. The van der Waals surface area contributed by atoms with E-state index in [-0.39, 0.29) is 0 Å². The molecule has 0 bridgehead atoms. The Hall–Kier alpha value is -1.42. The summed E-state index contributed by atoms with van der Waals surface area (Å²) in [5, 5.41) is 0. The number of pyridine rings is 2. The first-order chi connectivity index (χ1) is 8.29. The van der Waals surface area contributed by atoms with Crippen LogP contribution in [-0.2, 0) is 6.54 Å². The van der Waals surface area contributed by atoms with Crippen LogP contribution in [0.2, 0.25) is 0 Å². The molecule has 2 heterocycles. The Labute approximate surface area is 110 Å². The molecule has 0 aromatic carbocycles. The van der Waals surface area contributed by atoms with Crippen LogP contribution >= 0.6 is 15.9 Å². The first kappa shape index (κ1) is 12.0. The first-order valence-corrected chi connectivity index (χ1v) is 6.35. The topological polar surface area (TPSA) is 29.0 Å². The van der Waals surface area contributed by atoms with Gasteiger partial charge >= 0.3 is 0 Å². The van der Waals surface area contributed by atoms with Gasteiger partial charge in [0.1, 0.15) is 10.4 Å². The lowest BCUT2D eigenvalue weighted by Gasteiger charge is -2.22. The van der Waals surface area contributed by atoms with E-state index in [1.807, 2.05) is 42.7 Å². The standard InChI is InChI=1S/C13H14BrN3/c1-2-17(10-11-6-8-15-9-7-11)13-5-3-4-12(14)16-13/h3-9H,2,10H2,1H3. The average molecular weight is 292 g/mol. The van der Waals surface area contributed by atoms with E-state index in [0.29, 0.717) is 0 Å². The fourth-order valence-corrected chi connectivity index (χ4v) is 1.97. The fourth-order valence-electron chi connectivity index (χ4n) is 1.64. The van der Waals surface area contributed by atoms with Gasteiger partial charge in [-0.3, -0.25) is 4.98 Å². The van der Waals surface area contributed by atoms with Crippen LogP contribution in [0.15, 0.2) is 47.3 Å². The van der Waals surface area contributed by atoms with Crippen molar-refractivity contribution in [1.82, 2.24) is 9.97 Å². The molecule has 2 aromatic rings. The van der Waals surface area contributed by atoms with Crippen molar-refractivity contribution in [3.63, 3.8) is 0 Å². The maximum atomic E-state index is 4.47. The van der Waals surface area contributed by atoms with Crippen molar-refractivity contribution in [3.8, 4) is 0 Å². The first-order valence-electron chi connectivity index (χ1n) is 5.56. The lowest BCUT2D eigenvalue weighted by atomic mass is 10.2. The summed E-state index contributed by atoms with van der Waals surface area (Å²) in [6.07, 6.45) is 3.63. The number of rotatable bonds is 4. The Balaban J connectivity index is 2.17. The van der Waals surface area contributed by atoms with Gasteiger partial charge in [-0.25, -0.2) is 4.98 Å². The van der Waals surface area contributed by atoms with Gasteiger partial charge in [0.2, 0.25) is 0 Å². The zero-order valence-electron chi connectivity index (χ0n) is 9.68. The molecule has 0 saturated heterocycles. The Morgan fingerprint density at radius 3 is 2.59 bits per heavy atom. The molecule has 0 unspecified atom stereocenters. The lowest BCUT2D eigenvalue weighted by molar-refractivity contribution is 0.811. The molecule has 0 aliphatic heterocycles. The maximum Gasteiger partial charge on any atom is 0.130 e. The molecule has 0 N–H and O–H groups in total. The lowest BCUT2D eigenvalue weighted by Crippen LogP contribution is -2.23. The van der Waals surface area contributed by atoms with Gasteiger partial charge in [-0.2, -0.15) is 0 Å². The summed E-state index contributed by atoms with van der Waals surface area (Å²) in [6.45, 7) is 3.90. The van der Waals surface area contributed by atoms with Crippen LogP contribution in [0.5, 0.6) is 0 Å². The number of hydrogen-bond donors (Lipinski definition) is 0. The highest BCUT2D eigenvalue weighted by Crippen LogP contribution is 2.16. The minimum atomic E-state index is 0.850. The van der Waals surface area contributed by atoms with E-state index in [1.165, 1.54) is 5.56 Å². The summed E-state index contributed by atoms with van der Waals surface area (Å²) >= 11 is 3.40. The van der Waals surface area contributed by atoms with Crippen LogP contribution in [0.4, 0.5) is 5.82 Å². The summed E-state index contributed by atoms with van der Waals surface area (Å²) in [7, 11) is 0. The second-order valence-corrected chi connectivity index (χ2v) is 4.50. The number of nitrogens with zero attached hydrogens (tertiary/aromatic N) is 3. The van der Waals surface area contributed by atoms with Crippen LogP contribution in [-0.4, -0.2) is 16.5 Å². The van der Waals surface area contributed by atoms with Gasteiger partial charge in [0.15, 0.2) is 0 Å². The van der Waals surface area contributed by atoms with Crippen LogP contribution in [0.1, 0.15) is 12.5 Å². The Bertz CT molecular complexity index is 473. The zero-order chi connectivity index (χ0) is 12.1. The minimum Gasteiger partial charge on any atom is -0.353 e. The predicted molar refractivity (Wildman–Crippen MR) is 72.9 cm³/mol. The third-order valence-corrected chi connectivity index (χ3v) is 2.97. The van der Waals surface area contributed by atoms with E-state index in [2.05, 4.69) is 37.7 Å². The largest absolute Gasteiger partial charge is 0.353 e. The summed E-state index contributed by atoms with van der Waals surface area (Å²) < 4.78 is 0.864. The minimum absolute atomic E-state index is 0.850. The summed E-state index contributed by atoms with van der Waals surface area (Å²) in [5.41, 5.74) is 1.24. The van der Waals surface area contributed by atoms with Gasteiger partial charge in [-0.05, 0) is 52.7 Å². The maximum absolute atomic E-state index is 4.47. The van der Waals surface area contributed by atoms with Crippen molar-refractivity contribution in [2.75, 3.05) is 11.4 Å². The number of aromatic nitrogens is 2. The molecule has 4 heteroatoms. The molecule has 0 spiro atoms. The van der Waals surface area contributed by atoms with E-state index in [4.69, 9.17) is 0 Å². The monoisotopic (exact) mass is 291 g/mol. The normalized spacial score (nSPS) is 10.2. The van der Waals surface area contributed by atoms with E-state index < -0.39 is 0 Å². The van der Waals surface area contributed by atoms with Gasteiger partial charge < -0.3 is 4.90 Å².